The number of aryl methyl sites for hydroxylation is 1. The van der Waals surface area contributed by atoms with Crippen LogP contribution in [0.5, 0.6) is 0 Å². The maximum absolute atomic E-state index is 4.60. The van der Waals surface area contributed by atoms with E-state index in [0.717, 1.165) is 22.4 Å². The average Bonchev–Trinajstić information content (AvgIpc) is 2.99. The molecule has 2 heterocycles. The van der Waals surface area contributed by atoms with Gasteiger partial charge < -0.3 is 4.98 Å². The van der Waals surface area contributed by atoms with E-state index in [1.807, 2.05) is 6.07 Å². The summed E-state index contributed by atoms with van der Waals surface area (Å²) in [5.74, 6) is 0.874. The topological polar surface area (TPSA) is 41.6 Å². The molecular weight excluding hydrogens is 270 g/mol. The molecule has 4 aromatic rings. The maximum Gasteiger partial charge on any atom is 0.138 e. The Bertz CT molecular complexity index is 903. The molecule has 0 saturated heterocycles. The molecule has 0 saturated carbocycles. The van der Waals surface area contributed by atoms with Crippen LogP contribution in [0.15, 0.2) is 67.0 Å². The highest BCUT2D eigenvalue weighted by atomic mass is 14.9. The van der Waals surface area contributed by atoms with Crippen molar-refractivity contribution in [2.75, 3.05) is 0 Å². The summed E-state index contributed by atoms with van der Waals surface area (Å²) in [7, 11) is 0. The maximum atomic E-state index is 4.60. The average molecular weight is 285 g/mol. The number of H-pyrrole nitrogens is 1. The summed E-state index contributed by atoms with van der Waals surface area (Å²) in [6.07, 6.45) is 3.56. The van der Waals surface area contributed by atoms with Crippen molar-refractivity contribution in [2.45, 2.75) is 6.92 Å². The van der Waals surface area contributed by atoms with Crippen LogP contribution in [-0.2, 0) is 0 Å². The Kier molecular flexibility index (Phi) is 2.97. The number of aromatic amines is 1. The fraction of sp³-hybridized carbons (Fsp3) is 0.0526. The van der Waals surface area contributed by atoms with Gasteiger partial charge in [0.15, 0.2) is 0 Å². The number of nitrogens with zero attached hydrogens (tertiary/aromatic N) is 2. The monoisotopic (exact) mass is 285 g/mol. The first-order valence-electron chi connectivity index (χ1n) is 7.27. The van der Waals surface area contributed by atoms with Gasteiger partial charge in [0.05, 0.1) is 17.2 Å². The highest BCUT2D eigenvalue weighted by Crippen LogP contribution is 2.25. The molecule has 0 amide bonds. The van der Waals surface area contributed by atoms with Crippen molar-refractivity contribution in [3.63, 3.8) is 0 Å². The third-order valence-corrected chi connectivity index (χ3v) is 3.79. The minimum absolute atomic E-state index is 0.874. The standard InChI is InChI=1S/C19H15N3/c1-13-3-2-4-16(11-13)14-5-7-15(8-6-14)19-21-17-9-10-20-12-18(17)22-19/h2-12H,1H3,(H,21,22). The SMILES string of the molecule is Cc1cccc(-c2ccc(-c3nc4ccncc4[nH]3)cc2)c1. The van der Waals surface area contributed by atoms with Crippen molar-refractivity contribution in [1.82, 2.24) is 15.0 Å². The molecule has 1 N–H and O–H groups in total. The van der Waals surface area contributed by atoms with Gasteiger partial charge in [0.25, 0.3) is 0 Å². The number of imidazole rings is 1. The van der Waals surface area contributed by atoms with Gasteiger partial charge in [0.1, 0.15) is 5.82 Å². The Morgan fingerprint density at radius 2 is 1.68 bits per heavy atom. The first-order chi connectivity index (χ1) is 10.8. The number of rotatable bonds is 2. The van der Waals surface area contributed by atoms with Gasteiger partial charge in [-0.1, -0.05) is 54.1 Å². The first-order valence-corrected chi connectivity index (χ1v) is 7.27. The Morgan fingerprint density at radius 3 is 2.45 bits per heavy atom. The number of pyridine rings is 1. The molecule has 0 atom stereocenters. The van der Waals surface area contributed by atoms with Gasteiger partial charge in [0, 0.05) is 11.8 Å². The zero-order valence-corrected chi connectivity index (χ0v) is 12.2. The minimum atomic E-state index is 0.874. The zero-order valence-electron chi connectivity index (χ0n) is 12.2. The molecule has 2 aromatic carbocycles. The summed E-state index contributed by atoms with van der Waals surface area (Å²) in [5, 5.41) is 0. The third-order valence-electron chi connectivity index (χ3n) is 3.79. The number of benzene rings is 2. The van der Waals surface area contributed by atoms with Crippen molar-refractivity contribution >= 4 is 11.0 Å². The molecule has 4 rings (SSSR count). The molecule has 106 valence electrons. The summed E-state index contributed by atoms with van der Waals surface area (Å²) in [6.45, 7) is 2.11. The van der Waals surface area contributed by atoms with Gasteiger partial charge >= 0.3 is 0 Å². The predicted molar refractivity (Wildman–Crippen MR) is 89.5 cm³/mol. The van der Waals surface area contributed by atoms with E-state index in [9.17, 15) is 0 Å². The van der Waals surface area contributed by atoms with Crippen molar-refractivity contribution < 1.29 is 0 Å². The van der Waals surface area contributed by atoms with E-state index in [1.54, 1.807) is 12.4 Å². The van der Waals surface area contributed by atoms with Crippen LogP contribution in [0.25, 0.3) is 33.5 Å². The Morgan fingerprint density at radius 1 is 0.864 bits per heavy atom. The lowest BCUT2D eigenvalue weighted by atomic mass is 10.0. The third kappa shape index (κ3) is 2.27. The number of hydrogen-bond donors (Lipinski definition) is 1. The Balaban J connectivity index is 1.72. The molecule has 0 unspecified atom stereocenters. The molecule has 0 radical (unpaired) electrons. The predicted octanol–water partition coefficient (Wildman–Crippen LogP) is 4.60. The fourth-order valence-electron chi connectivity index (χ4n) is 2.64. The molecule has 3 heteroatoms. The Labute approximate surface area is 128 Å². The van der Waals surface area contributed by atoms with E-state index in [-0.39, 0.29) is 0 Å². The second-order valence-corrected chi connectivity index (χ2v) is 5.43. The van der Waals surface area contributed by atoms with Crippen LogP contribution in [-0.4, -0.2) is 15.0 Å². The van der Waals surface area contributed by atoms with Crippen molar-refractivity contribution in [1.29, 1.82) is 0 Å². The summed E-state index contributed by atoms with van der Waals surface area (Å²) < 4.78 is 0. The highest BCUT2D eigenvalue weighted by Gasteiger charge is 2.05. The van der Waals surface area contributed by atoms with Gasteiger partial charge in [-0.15, -0.1) is 0 Å². The molecule has 22 heavy (non-hydrogen) atoms. The second kappa shape index (κ2) is 5.11. The lowest BCUT2D eigenvalue weighted by Crippen LogP contribution is -1.82. The van der Waals surface area contributed by atoms with Crippen LogP contribution >= 0.6 is 0 Å². The van der Waals surface area contributed by atoms with Gasteiger partial charge in [-0.25, -0.2) is 4.98 Å². The van der Waals surface area contributed by atoms with E-state index in [2.05, 4.69) is 70.4 Å². The molecule has 0 spiro atoms. The largest absolute Gasteiger partial charge is 0.337 e. The van der Waals surface area contributed by atoms with Gasteiger partial charge in [-0.2, -0.15) is 0 Å². The summed E-state index contributed by atoms with van der Waals surface area (Å²) in [6, 6.07) is 18.9. The van der Waals surface area contributed by atoms with Crippen LogP contribution in [0.2, 0.25) is 0 Å². The van der Waals surface area contributed by atoms with Crippen LogP contribution in [0.1, 0.15) is 5.56 Å². The molecule has 0 aliphatic carbocycles. The lowest BCUT2D eigenvalue weighted by molar-refractivity contribution is 1.33. The van der Waals surface area contributed by atoms with Crippen molar-refractivity contribution in [2.24, 2.45) is 0 Å². The molecule has 0 bridgehead atoms. The van der Waals surface area contributed by atoms with Crippen LogP contribution < -0.4 is 0 Å². The van der Waals surface area contributed by atoms with Crippen LogP contribution in [0, 0.1) is 6.92 Å². The molecule has 3 nitrogen and oxygen atoms in total. The molecule has 0 aliphatic rings. The number of nitrogens with one attached hydrogen (secondary N) is 1. The minimum Gasteiger partial charge on any atom is -0.337 e. The highest BCUT2D eigenvalue weighted by molar-refractivity contribution is 5.79. The van der Waals surface area contributed by atoms with E-state index >= 15 is 0 Å². The van der Waals surface area contributed by atoms with E-state index in [4.69, 9.17) is 0 Å². The van der Waals surface area contributed by atoms with Gasteiger partial charge in [-0.3, -0.25) is 4.98 Å². The number of aromatic nitrogens is 3. The fourth-order valence-corrected chi connectivity index (χ4v) is 2.64. The summed E-state index contributed by atoms with van der Waals surface area (Å²) >= 11 is 0. The van der Waals surface area contributed by atoms with E-state index < -0.39 is 0 Å². The molecular formula is C19H15N3. The van der Waals surface area contributed by atoms with Crippen LogP contribution in [0.3, 0.4) is 0 Å². The smallest absolute Gasteiger partial charge is 0.138 e. The van der Waals surface area contributed by atoms with Crippen LogP contribution in [0.4, 0.5) is 0 Å². The first kappa shape index (κ1) is 12.8. The quantitative estimate of drug-likeness (QED) is 0.584. The summed E-state index contributed by atoms with van der Waals surface area (Å²) in [4.78, 5) is 12.0. The Hall–Kier alpha value is -2.94. The lowest BCUT2D eigenvalue weighted by Gasteiger charge is -2.04. The van der Waals surface area contributed by atoms with E-state index in [1.165, 1.54) is 16.7 Å². The molecule has 0 fully saturated rings. The van der Waals surface area contributed by atoms with Crippen molar-refractivity contribution in [3.05, 3.63) is 72.6 Å². The van der Waals surface area contributed by atoms with Crippen molar-refractivity contribution in [3.8, 4) is 22.5 Å². The van der Waals surface area contributed by atoms with Gasteiger partial charge in [0.2, 0.25) is 0 Å². The number of hydrogen-bond acceptors (Lipinski definition) is 2. The second-order valence-electron chi connectivity index (χ2n) is 5.43. The zero-order chi connectivity index (χ0) is 14.9. The van der Waals surface area contributed by atoms with Gasteiger partial charge in [-0.05, 0) is 24.1 Å². The normalized spacial score (nSPS) is 11.0. The van der Waals surface area contributed by atoms with E-state index in [0.29, 0.717) is 0 Å². The summed E-state index contributed by atoms with van der Waals surface area (Å²) in [5.41, 5.74) is 6.69. The molecule has 0 aliphatic heterocycles. The number of fused-ring (bicyclic) bond motifs is 1. The molecule has 2 aromatic heterocycles.